The Balaban J connectivity index is 1.80. The SMILES string of the molecule is CC1CCCCN1S(=O)(=O)c1ccc(C(=O)N(CCN(C)C)Cc2cccc(F)c2)cc1. The summed E-state index contributed by atoms with van der Waals surface area (Å²) >= 11 is 0. The first-order valence-corrected chi connectivity index (χ1v) is 12.4. The molecule has 8 heteroatoms. The Kier molecular flexibility index (Phi) is 8.03. The molecule has 3 rings (SSSR count). The number of carbonyl (C=O) groups is 1. The van der Waals surface area contributed by atoms with Crippen molar-refractivity contribution in [2.45, 2.75) is 43.7 Å². The van der Waals surface area contributed by atoms with Crippen LogP contribution in [0.15, 0.2) is 53.4 Å². The van der Waals surface area contributed by atoms with E-state index in [9.17, 15) is 17.6 Å². The number of benzene rings is 2. The summed E-state index contributed by atoms with van der Waals surface area (Å²) < 4.78 is 41.3. The van der Waals surface area contributed by atoms with Crippen molar-refractivity contribution in [2.24, 2.45) is 0 Å². The third kappa shape index (κ3) is 5.94. The zero-order chi connectivity index (χ0) is 23.3. The van der Waals surface area contributed by atoms with Gasteiger partial charge in [0.1, 0.15) is 5.82 Å². The van der Waals surface area contributed by atoms with E-state index < -0.39 is 10.0 Å². The fraction of sp³-hybridized carbons (Fsp3) is 0.458. The standard InChI is InChI=1S/C24H32FN3O3S/c1-19-7-4-5-14-28(19)32(30,31)23-12-10-21(11-13-23)24(29)27(16-15-26(2)3)18-20-8-6-9-22(25)17-20/h6,8-13,17,19H,4-5,7,14-16,18H2,1-3H3. The number of carbonyl (C=O) groups excluding carboxylic acids is 1. The van der Waals surface area contributed by atoms with E-state index in [1.807, 2.05) is 25.9 Å². The minimum absolute atomic E-state index is 0.0251. The molecule has 1 amide bonds. The Morgan fingerprint density at radius 3 is 2.44 bits per heavy atom. The maximum Gasteiger partial charge on any atom is 0.254 e. The molecule has 174 valence electrons. The molecule has 32 heavy (non-hydrogen) atoms. The summed E-state index contributed by atoms with van der Waals surface area (Å²) in [7, 11) is 0.257. The second kappa shape index (κ2) is 10.6. The zero-order valence-electron chi connectivity index (χ0n) is 19.0. The average molecular weight is 462 g/mol. The van der Waals surface area contributed by atoms with E-state index in [4.69, 9.17) is 0 Å². The van der Waals surface area contributed by atoms with Gasteiger partial charge in [-0.1, -0.05) is 18.6 Å². The lowest BCUT2D eigenvalue weighted by Crippen LogP contribution is -2.41. The lowest BCUT2D eigenvalue weighted by atomic mass is 10.1. The summed E-state index contributed by atoms with van der Waals surface area (Å²) in [6.45, 7) is 3.85. The molecular formula is C24H32FN3O3S. The lowest BCUT2D eigenvalue weighted by Gasteiger charge is -2.32. The van der Waals surface area contributed by atoms with Gasteiger partial charge < -0.3 is 9.80 Å². The summed E-state index contributed by atoms with van der Waals surface area (Å²) in [5.74, 6) is -0.560. The van der Waals surface area contributed by atoms with Crippen LogP contribution in [0.25, 0.3) is 0 Å². The number of sulfonamides is 1. The zero-order valence-corrected chi connectivity index (χ0v) is 19.8. The van der Waals surface area contributed by atoms with E-state index in [1.54, 1.807) is 33.5 Å². The number of hydrogen-bond donors (Lipinski definition) is 0. The van der Waals surface area contributed by atoms with Crippen LogP contribution < -0.4 is 0 Å². The molecule has 1 saturated heterocycles. The van der Waals surface area contributed by atoms with Gasteiger partial charge in [0.2, 0.25) is 10.0 Å². The first kappa shape index (κ1) is 24.4. The molecule has 0 spiro atoms. The molecule has 1 aliphatic heterocycles. The summed E-state index contributed by atoms with van der Waals surface area (Å²) in [6.07, 6.45) is 2.76. The number of likely N-dealkylation sites (N-methyl/N-ethyl adjacent to an activating group) is 1. The van der Waals surface area contributed by atoms with Crippen LogP contribution in [-0.2, 0) is 16.6 Å². The van der Waals surface area contributed by atoms with Crippen molar-refractivity contribution >= 4 is 15.9 Å². The van der Waals surface area contributed by atoms with Crippen LogP contribution in [0.3, 0.4) is 0 Å². The van der Waals surface area contributed by atoms with E-state index in [-0.39, 0.29) is 29.2 Å². The number of halogens is 1. The molecule has 2 aromatic carbocycles. The Morgan fingerprint density at radius 2 is 1.81 bits per heavy atom. The van der Waals surface area contributed by atoms with Crippen molar-refractivity contribution in [3.05, 3.63) is 65.5 Å². The van der Waals surface area contributed by atoms with Crippen LogP contribution in [0, 0.1) is 5.82 Å². The van der Waals surface area contributed by atoms with Gasteiger partial charge in [0.05, 0.1) is 4.90 Å². The summed E-state index contributed by atoms with van der Waals surface area (Å²) in [4.78, 5) is 17.0. The van der Waals surface area contributed by atoms with Gasteiger partial charge in [-0.3, -0.25) is 4.79 Å². The van der Waals surface area contributed by atoms with Gasteiger partial charge in [0, 0.05) is 37.8 Å². The average Bonchev–Trinajstić information content (AvgIpc) is 2.76. The number of nitrogens with zero attached hydrogens (tertiary/aromatic N) is 3. The molecule has 0 radical (unpaired) electrons. The molecule has 1 unspecified atom stereocenters. The molecule has 1 atom stereocenters. The summed E-state index contributed by atoms with van der Waals surface area (Å²) in [5, 5.41) is 0. The van der Waals surface area contributed by atoms with Crippen molar-refractivity contribution in [3.8, 4) is 0 Å². The van der Waals surface area contributed by atoms with Crippen LogP contribution in [-0.4, -0.2) is 68.2 Å². The highest BCUT2D eigenvalue weighted by Gasteiger charge is 2.31. The number of amides is 1. The molecule has 0 aliphatic carbocycles. The topological polar surface area (TPSA) is 60.9 Å². The molecule has 2 aromatic rings. The van der Waals surface area contributed by atoms with Crippen molar-refractivity contribution in [1.82, 2.24) is 14.1 Å². The molecule has 1 fully saturated rings. The van der Waals surface area contributed by atoms with Gasteiger partial charge in [-0.2, -0.15) is 4.31 Å². The predicted molar refractivity (Wildman–Crippen MR) is 123 cm³/mol. The van der Waals surface area contributed by atoms with Crippen LogP contribution in [0.1, 0.15) is 42.1 Å². The third-order valence-electron chi connectivity index (χ3n) is 5.82. The molecule has 1 aliphatic rings. The van der Waals surface area contributed by atoms with E-state index in [1.165, 1.54) is 24.3 Å². The normalized spacial score (nSPS) is 17.5. The Morgan fingerprint density at radius 1 is 1.09 bits per heavy atom. The highest BCUT2D eigenvalue weighted by Crippen LogP contribution is 2.25. The van der Waals surface area contributed by atoms with Gasteiger partial charge in [0.15, 0.2) is 0 Å². The Bertz CT molecular complexity index is 1030. The van der Waals surface area contributed by atoms with Gasteiger partial charge in [-0.25, -0.2) is 12.8 Å². The van der Waals surface area contributed by atoms with E-state index in [2.05, 4.69) is 0 Å². The Hall–Kier alpha value is -2.29. The summed E-state index contributed by atoms with van der Waals surface area (Å²) in [6, 6.07) is 12.3. The molecule has 0 N–H and O–H groups in total. The monoisotopic (exact) mass is 461 g/mol. The predicted octanol–water partition coefficient (Wildman–Crippen LogP) is 3.59. The van der Waals surface area contributed by atoms with Gasteiger partial charge in [-0.15, -0.1) is 0 Å². The molecule has 0 saturated carbocycles. The largest absolute Gasteiger partial charge is 0.333 e. The van der Waals surface area contributed by atoms with E-state index >= 15 is 0 Å². The van der Waals surface area contributed by atoms with Crippen LogP contribution in [0.2, 0.25) is 0 Å². The second-order valence-electron chi connectivity index (χ2n) is 8.64. The van der Waals surface area contributed by atoms with Crippen molar-refractivity contribution in [1.29, 1.82) is 0 Å². The Labute approximate surface area is 190 Å². The minimum Gasteiger partial charge on any atom is -0.333 e. The highest BCUT2D eigenvalue weighted by atomic mass is 32.2. The van der Waals surface area contributed by atoms with Crippen LogP contribution >= 0.6 is 0 Å². The second-order valence-corrected chi connectivity index (χ2v) is 10.5. The number of rotatable bonds is 8. The first-order valence-electron chi connectivity index (χ1n) is 11.0. The van der Waals surface area contributed by atoms with Gasteiger partial charge in [0.25, 0.3) is 5.91 Å². The summed E-state index contributed by atoms with van der Waals surface area (Å²) in [5.41, 5.74) is 1.11. The lowest BCUT2D eigenvalue weighted by molar-refractivity contribution is 0.0731. The minimum atomic E-state index is -3.59. The number of hydrogen-bond acceptors (Lipinski definition) is 4. The van der Waals surface area contributed by atoms with Gasteiger partial charge in [-0.05, 0) is 75.8 Å². The molecule has 0 aromatic heterocycles. The van der Waals surface area contributed by atoms with Crippen molar-refractivity contribution in [3.63, 3.8) is 0 Å². The number of piperidine rings is 1. The van der Waals surface area contributed by atoms with Crippen molar-refractivity contribution < 1.29 is 17.6 Å². The first-order chi connectivity index (χ1) is 15.2. The van der Waals surface area contributed by atoms with Crippen LogP contribution in [0.5, 0.6) is 0 Å². The molecule has 6 nitrogen and oxygen atoms in total. The van der Waals surface area contributed by atoms with Gasteiger partial charge >= 0.3 is 0 Å². The van der Waals surface area contributed by atoms with Crippen molar-refractivity contribution in [2.75, 3.05) is 33.7 Å². The fourth-order valence-corrected chi connectivity index (χ4v) is 5.64. The molecular weight excluding hydrogens is 429 g/mol. The fourth-order valence-electron chi connectivity index (χ4n) is 3.95. The van der Waals surface area contributed by atoms with Crippen LogP contribution in [0.4, 0.5) is 4.39 Å². The quantitative estimate of drug-likeness (QED) is 0.603. The maximum atomic E-state index is 13.6. The smallest absolute Gasteiger partial charge is 0.254 e. The van der Waals surface area contributed by atoms with E-state index in [0.29, 0.717) is 30.8 Å². The maximum absolute atomic E-state index is 13.6. The molecule has 0 bridgehead atoms. The van der Waals surface area contributed by atoms with E-state index in [0.717, 1.165) is 19.3 Å². The third-order valence-corrected chi connectivity index (χ3v) is 7.84. The molecule has 1 heterocycles. The highest BCUT2D eigenvalue weighted by molar-refractivity contribution is 7.89.